The number of halogens is 1. The Labute approximate surface area is 169 Å². The molecule has 140 valence electrons. The number of rotatable bonds is 7. The van der Waals surface area contributed by atoms with Gasteiger partial charge in [0.15, 0.2) is 4.34 Å². The van der Waals surface area contributed by atoms with Crippen LogP contribution >= 0.6 is 34.7 Å². The molecule has 27 heavy (non-hydrogen) atoms. The molecule has 0 radical (unpaired) electrons. The second-order valence-corrected chi connectivity index (χ2v) is 7.95. The number of thioether (sulfide) groups is 1. The first-order chi connectivity index (χ1) is 13.1. The molecule has 1 aromatic heterocycles. The molecule has 0 fully saturated rings. The maximum absolute atomic E-state index is 12.5. The maximum Gasteiger partial charge on any atom is 0.261 e. The number of ether oxygens (including phenoxy) is 2. The van der Waals surface area contributed by atoms with Gasteiger partial charge in [-0.1, -0.05) is 46.8 Å². The molecule has 0 bridgehead atoms. The van der Waals surface area contributed by atoms with Gasteiger partial charge in [0.25, 0.3) is 5.91 Å². The molecule has 0 atom stereocenters. The monoisotopic (exact) mass is 421 g/mol. The number of methoxy groups -OCH3 is 2. The molecule has 6 nitrogen and oxygen atoms in total. The van der Waals surface area contributed by atoms with E-state index in [4.69, 9.17) is 21.1 Å². The molecule has 1 N–H and O–H groups in total. The van der Waals surface area contributed by atoms with Gasteiger partial charge in [0, 0.05) is 16.8 Å². The third-order valence-electron chi connectivity index (χ3n) is 3.56. The zero-order chi connectivity index (χ0) is 19.2. The van der Waals surface area contributed by atoms with E-state index < -0.39 is 0 Å². The number of carbonyl (C=O) groups is 1. The highest BCUT2D eigenvalue weighted by Gasteiger charge is 2.16. The van der Waals surface area contributed by atoms with Gasteiger partial charge >= 0.3 is 0 Å². The van der Waals surface area contributed by atoms with E-state index >= 15 is 0 Å². The number of amides is 1. The SMILES string of the molecule is COc1ccc(C(=O)Nc2nnc(SCc3ccc(Cl)cc3)s2)c(OC)c1. The number of carbonyl (C=O) groups excluding carboxylic acids is 1. The van der Waals surface area contributed by atoms with Gasteiger partial charge in [0.1, 0.15) is 11.5 Å². The fraction of sp³-hybridized carbons (Fsp3) is 0.167. The molecule has 1 amide bonds. The lowest BCUT2D eigenvalue weighted by molar-refractivity contribution is 0.102. The fourth-order valence-corrected chi connectivity index (χ4v) is 4.02. The summed E-state index contributed by atoms with van der Waals surface area (Å²) in [6, 6.07) is 12.6. The molecule has 9 heteroatoms. The Balaban J connectivity index is 1.63. The van der Waals surface area contributed by atoms with Gasteiger partial charge in [0.05, 0.1) is 19.8 Å². The smallest absolute Gasteiger partial charge is 0.261 e. The van der Waals surface area contributed by atoms with Crippen LogP contribution in [0.3, 0.4) is 0 Å². The number of benzene rings is 2. The summed E-state index contributed by atoms with van der Waals surface area (Å²) in [6.07, 6.45) is 0. The van der Waals surface area contributed by atoms with Crippen LogP contribution in [0.2, 0.25) is 5.02 Å². The van der Waals surface area contributed by atoms with Crippen molar-refractivity contribution in [3.05, 3.63) is 58.6 Å². The van der Waals surface area contributed by atoms with E-state index in [1.165, 1.54) is 18.4 Å². The van der Waals surface area contributed by atoms with E-state index in [9.17, 15) is 4.79 Å². The second-order valence-electron chi connectivity index (χ2n) is 5.31. The van der Waals surface area contributed by atoms with Crippen molar-refractivity contribution in [1.82, 2.24) is 10.2 Å². The van der Waals surface area contributed by atoms with Crippen molar-refractivity contribution in [2.45, 2.75) is 10.1 Å². The average Bonchev–Trinajstić information content (AvgIpc) is 3.14. The summed E-state index contributed by atoms with van der Waals surface area (Å²) in [5, 5.41) is 12.0. The van der Waals surface area contributed by atoms with Crippen LogP contribution in [0.4, 0.5) is 5.13 Å². The number of aromatic nitrogens is 2. The molecule has 0 saturated heterocycles. The van der Waals surface area contributed by atoms with Crippen LogP contribution in [-0.2, 0) is 5.75 Å². The van der Waals surface area contributed by atoms with Crippen LogP contribution in [0.1, 0.15) is 15.9 Å². The standard InChI is InChI=1S/C18H16ClN3O3S2/c1-24-13-7-8-14(15(9-13)25-2)16(23)20-17-21-22-18(27-17)26-10-11-3-5-12(19)6-4-11/h3-9H,10H2,1-2H3,(H,20,21,23). The molecule has 0 unspecified atom stereocenters. The number of nitrogens with zero attached hydrogens (tertiary/aromatic N) is 2. The molecule has 3 rings (SSSR count). The summed E-state index contributed by atoms with van der Waals surface area (Å²) in [6.45, 7) is 0. The van der Waals surface area contributed by atoms with Crippen molar-refractivity contribution in [3.63, 3.8) is 0 Å². The summed E-state index contributed by atoms with van der Waals surface area (Å²) in [4.78, 5) is 12.5. The Morgan fingerprint density at radius 1 is 1.15 bits per heavy atom. The minimum Gasteiger partial charge on any atom is -0.497 e. The predicted molar refractivity (Wildman–Crippen MR) is 108 cm³/mol. The van der Waals surface area contributed by atoms with Gasteiger partial charge in [-0.15, -0.1) is 10.2 Å². The van der Waals surface area contributed by atoms with Crippen LogP contribution in [0.25, 0.3) is 0 Å². The van der Waals surface area contributed by atoms with E-state index in [-0.39, 0.29) is 5.91 Å². The minimum absolute atomic E-state index is 0.320. The Hall–Kier alpha value is -2.29. The summed E-state index contributed by atoms with van der Waals surface area (Å²) in [5.41, 5.74) is 1.53. The van der Waals surface area contributed by atoms with Crippen molar-refractivity contribution >= 4 is 45.7 Å². The first-order valence-corrected chi connectivity index (χ1v) is 10.0. The second kappa shape index (κ2) is 9.07. The minimum atomic E-state index is -0.320. The van der Waals surface area contributed by atoms with E-state index in [0.29, 0.717) is 27.2 Å². The third-order valence-corrected chi connectivity index (χ3v) is 5.85. The van der Waals surface area contributed by atoms with E-state index in [0.717, 1.165) is 15.7 Å². The number of hydrogen-bond donors (Lipinski definition) is 1. The lowest BCUT2D eigenvalue weighted by atomic mass is 10.2. The molecule has 1 heterocycles. The van der Waals surface area contributed by atoms with Crippen LogP contribution < -0.4 is 14.8 Å². The third kappa shape index (κ3) is 5.12. The fourth-order valence-electron chi connectivity index (χ4n) is 2.19. The first kappa shape index (κ1) is 19.5. The van der Waals surface area contributed by atoms with Crippen molar-refractivity contribution < 1.29 is 14.3 Å². The lowest BCUT2D eigenvalue weighted by Crippen LogP contribution is -2.13. The first-order valence-electron chi connectivity index (χ1n) is 7.83. The number of anilines is 1. The van der Waals surface area contributed by atoms with Crippen LogP contribution in [-0.4, -0.2) is 30.3 Å². The molecule has 3 aromatic rings. The van der Waals surface area contributed by atoms with E-state index in [1.54, 1.807) is 37.1 Å². The highest BCUT2D eigenvalue weighted by molar-refractivity contribution is 8.00. The molecule has 0 aliphatic rings. The van der Waals surface area contributed by atoms with E-state index in [1.807, 2.05) is 24.3 Å². The van der Waals surface area contributed by atoms with E-state index in [2.05, 4.69) is 15.5 Å². The van der Waals surface area contributed by atoms with Crippen LogP contribution in [0, 0.1) is 0 Å². The molecule has 0 aliphatic carbocycles. The molecule has 2 aromatic carbocycles. The van der Waals surface area contributed by atoms with Crippen molar-refractivity contribution in [2.24, 2.45) is 0 Å². The van der Waals surface area contributed by atoms with Crippen molar-refractivity contribution in [3.8, 4) is 11.5 Å². The molecule has 0 aliphatic heterocycles. The Morgan fingerprint density at radius 2 is 1.93 bits per heavy atom. The van der Waals surface area contributed by atoms with Gasteiger partial charge in [-0.25, -0.2) is 0 Å². The van der Waals surface area contributed by atoms with Gasteiger partial charge in [-0.05, 0) is 29.8 Å². The summed E-state index contributed by atoms with van der Waals surface area (Å²) < 4.78 is 11.2. The Kier molecular flexibility index (Phi) is 6.54. The quantitative estimate of drug-likeness (QED) is 0.438. The zero-order valence-electron chi connectivity index (χ0n) is 14.6. The Morgan fingerprint density at radius 3 is 2.63 bits per heavy atom. The highest BCUT2D eigenvalue weighted by Crippen LogP contribution is 2.30. The zero-order valence-corrected chi connectivity index (χ0v) is 17.0. The van der Waals surface area contributed by atoms with Gasteiger partial charge in [-0.3, -0.25) is 10.1 Å². The molecule has 0 spiro atoms. The van der Waals surface area contributed by atoms with Gasteiger partial charge in [0.2, 0.25) is 5.13 Å². The highest BCUT2D eigenvalue weighted by atomic mass is 35.5. The topological polar surface area (TPSA) is 73.3 Å². The van der Waals surface area contributed by atoms with Crippen molar-refractivity contribution in [1.29, 1.82) is 0 Å². The molecule has 0 saturated carbocycles. The number of nitrogens with one attached hydrogen (secondary N) is 1. The van der Waals surface area contributed by atoms with Crippen LogP contribution in [0.15, 0.2) is 46.8 Å². The maximum atomic E-state index is 12.5. The largest absolute Gasteiger partial charge is 0.497 e. The molecular weight excluding hydrogens is 406 g/mol. The summed E-state index contributed by atoms with van der Waals surface area (Å²) >= 11 is 8.75. The molecular formula is C18H16ClN3O3S2. The normalized spacial score (nSPS) is 10.5. The van der Waals surface area contributed by atoms with Gasteiger partial charge < -0.3 is 9.47 Å². The summed E-state index contributed by atoms with van der Waals surface area (Å²) in [5.74, 6) is 1.46. The average molecular weight is 422 g/mol. The van der Waals surface area contributed by atoms with Crippen LogP contribution in [0.5, 0.6) is 11.5 Å². The van der Waals surface area contributed by atoms with Gasteiger partial charge in [-0.2, -0.15) is 0 Å². The summed E-state index contributed by atoms with van der Waals surface area (Å²) in [7, 11) is 3.06. The van der Waals surface area contributed by atoms with Crippen molar-refractivity contribution in [2.75, 3.05) is 19.5 Å². The Bertz CT molecular complexity index is 932. The predicted octanol–water partition coefficient (Wildman–Crippen LogP) is 4.75. The lowest BCUT2D eigenvalue weighted by Gasteiger charge is -2.09. The number of hydrogen-bond acceptors (Lipinski definition) is 7.